The predicted molar refractivity (Wildman–Crippen MR) is 102 cm³/mol. The third-order valence-electron chi connectivity index (χ3n) is 6.07. The number of carbonyl (C=O) groups is 3. The van der Waals surface area contributed by atoms with Crippen LogP contribution in [0.4, 0.5) is 5.69 Å². The van der Waals surface area contributed by atoms with Crippen LogP contribution < -0.4 is 10.6 Å². The lowest BCUT2D eigenvalue weighted by Gasteiger charge is -2.26. The number of carbonyl (C=O) groups excluding carboxylic acids is 2. The number of anilines is 1. The van der Waals surface area contributed by atoms with Gasteiger partial charge in [-0.25, -0.2) is 0 Å². The lowest BCUT2D eigenvalue weighted by molar-refractivity contribution is -0.148. The molecule has 0 aliphatic heterocycles. The molecule has 2 heterocycles. The number of aryl methyl sites for hydroxylation is 1. The van der Waals surface area contributed by atoms with Crippen LogP contribution in [0.15, 0.2) is 29.0 Å². The van der Waals surface area contributed by atoms with Crippen molar-refractivity contribution in [2.45, 2.75) is 39.3 Å². The fourth-order valence-electron chi connectivity index (χ4n) is 4.75. The molecule has 2 aromatic heterocycles. The molecule has 2 fully saturated rings. The molecule has 9 heteroatoms. The van der Waals surface area contributed by atoms with Gasteiger partial charge in [-0.3, -0.25) is 19.1 Å². The van der Waals surface area contributed by atoms with Gasteiger partial charge in [0.25, 0.3) is 5.91 Å². The maximum Gasteiger partial charge on any atom is 0.307 e. The molecule has 9 nitrogen and oxygen atoms in total. The Hall–Kier alpha value is -3.10. The van der Waals surface area contributed by atoms with Crippen LogP contribution in [0.2, 0.25) is 0 Å². The standard InChI is InChI=1S/C20H24N4O5/c1-2-24-10-14(17(23-24)19(26)21-9-13-4-3-7-29-13)22-18(25)15-11-5-6-12(8-11)16(15)20(27)28/h3-4,7,10-12,15-16H,2,5-6,8-9H2,1H3,(H,21,26)(H,22,25)(H,27,28)/t11-,12-,15-,16-/m0/s1. The number of aromatic nitrogens is 2. The van der Waals surface area contributed by atoms with Gasteiger partial charge in [0, 0.05) is 12.7 Å². The molecule has 2 aromatic rings. The Bertz CT molecular complexity index is 919. The highest BCUT2D eigenvalue weighted by molar-refractivity contribution is 6.03. The second kappa shape index (κ2) is 7.73. The number of carboxylic acid groups (broad SMARTS) is 1. The minimum absolute atomic E-state index is 0.0580. The Balaban J connectivity index is 1.50. The zero-order valence-electron chi connectivity index (χ0n) is 16.1. The summed E-state index contributed by atoms with van der Waals surface area (Å²) in [5.74, 6) is -2.20. The minimum atomic E-state index is -0.919. The fourth-order valence-corrected chi connectivity index (χ4v) is 4.75. The van der Waals surface area contributed by atoms with E-state index in [0.717, 1.165) is 19.3 Å². The van der Waals surface area contributed by atoms with Gasteiger partial charge in [-0.15, -0.1) is 0 Å². The molecule has 0 radical (unpaired) electrons. The lowest BCUT2D eigenvalue weighted by Crippen LogP contribution is -2.38. The third-order valence-corrected chi connectivity index (χ3v) is 6.07. The van der Waals surface area contributed by atoms with Crippen LogP contribution in [0.5, 0.6) is 0 Å². The number of nitrogens with one attached hydrogen (secondary N) is 2. The molecule has 2 aliphatic carbocycles. The van der Waals surface area contributed by atoms with Crippen molar-refractivity contribution >= 4 is 23.5 Å². The van der Waals surface area contributed by atoms with Crippen molar-refractivity contribution in [3.63, 3.8) is 0 Å². The highest BCUT2D eigenvalue weighted by Crippen LogP contribution is 2.52. The summed E-state index contributed by atoms with van der Waals surface area (Å²) in [4.78, 5) is 37.3. The number of aliphatic carboxylic acids is 1. The Labute approximate surface area is 167 Å². The molecule has 2 bridgehead atoms. The summed E-state index contributed by atoms with van der Waals surface area (Å²) >= 11 is 0. The molecule has 0 unspecified atom stereocenters. The quantitative estimate of drug-likeness (QED) is 0.653. The molecule has 0 saturated heterocycles. The van der Waals surface area contributed by atoms with E-state index in [0.29, 0.717) is 18.0 Å². The van der Waals surface area contributed by atoms with E-state index in [1.165, 1.54) is 6.26 Å². The highest BCUT2D eigenvalue weighted by Gasteiger charge is 2.54. The van der Waals surface area contributed by atoms with Crippen LogP contribution in [0.1, 0.15) is 42.4 Å². The van der Waals surface area contributed by atoms with Gasteiger partial charge in [-0.2, -0.15) is 5.10 Å². The Morgan fingerprint density at radius 1 is 1.28 bits per heavy atom. The van der Waals surface area contributed by atoms with Gasteiger partial charge in [-0.05, 0) is 50.2 Å². The molecule has 2 aliphatic rings. The monoisotopic (exact) mass is 400 g/mol. The number of fused-ring (bicyclic) bond motifs is 2. The summed E-state index contributed by atoms with van der Waals surface area (Å²) in [6.45, 7) is 2.60. The molecule has 4 rings (SSSR count). The van der Waals surface area contributed by atoms with Gasteiger partial charge in [0.2, 0.25) is 5.91 Å². The molecule has 4 atom stereocenters. The first-order valence-corrected chi connectivity index (χ1v) is 9.89. The van der Waals surface area contributed by atoms with Crippen molar-refractivity contribution in [2.75, 3.05) is 5.32 Å². The summed E-state index contributed by atoms with van der Waals surface area (Å²) in [6.07, 6.45) is 5.63. The first kappa shape index (κ1) is 19.2. The molecule has 3 N–H and O–H groups in total. The third kappa shape index (κ3) is 3.64. The average Bonchev–Trinajstić information content (AvgIpc) is 3.49. The lowest BCUT2D eigenvalue weighted by atomic mass is 9.78. The zero-order chi connectivity index (χ0) is 20.5. The van der Waals surface area contributed by atoms with Gasteiger partial charge in [-0.1, -0.05) is 0 Å². The van der Waals surface area contributed by atoms with E-state index in [4.69, 9.17) is 4.42 Å². The summed E-state index contributed by atoms with van der Waals surface area (Å²) in [6, 6.07) is 3.47. The average molecular weight is 400 g/mol. The second-order valence-electron chi connectivity index (χ2n) is 7.72. The minimum Gasteiger partial charge on any atom is -0.481 e. The highest BCUT2D eigenvalue weighted by atomic mass is 16.4. The molecular formula is C20H24N4O5. The van der Waals surface area contributed by atoms with Crippen LogP contribution in [-0.2, 0) is 22.7 Å². The molecule has 2 saturated carbocycles. The second-order valence-corrected chi connectivity index (χ2v) is 7.72. The first-order valence-electron chi connectivity index (χ1n) is 9.89. The van der Waals surface area contributed by atoms with Crippen LogP contribution >= 0.6 is 0 Å². The van der Waals surface area contributed by atoms with E-state index in [1.54, 1.807) is 23.0 Å². The summed E-state index contributed by atoms with van der Waals surface area (Å²) < 4.78 is 6.77. The number of carboxylic acids is 1. The van der Waals surface area contributed by atoms with Gasteiger partial charge in [0.05, 0.1) is 30.3 Å². The smallest absolute Gasteiger partial charge is 0.307 e. The molecule has 0 spiro atoms. The number of furan rings is 1. The zero-order valence-corrected chi connectivity index (χ0v) is 16.1. The molecule has 0 aromatic carbocycles. The van der Waals surface area contributed by atoms with E-state index in [9.17, 15) is 19.5 Å². The Kier molecular flexibility index (Phi) is 5.12. The van der Waals surface area contributed by atoms with Crippen molar-refractivity contribution in [1.29, 1.82) is 0 Å². The van der Waals surface area contributed by atoms with Gasteiger partial charge in [0.15, 0.2) is 5.69 Å². The van der Waals surface area contributed by atoms with Crippen LogP contribution in [0.25, 0.3) is 0 Å². The molecule has 2 amide bonds. The summed E-state index contributed by atoms with van der Waals surface area (Å²) in [5.41, 5.74) is 0.391. The Morgan fingerprint density at radius 2 is 2.03 bits per heavy atom. The molecule has 29 heavy (non-hydrogen) atoms. The van der Waals surface area contributed by atoms with Crippen molar-refractivity contribution < 1.29 is 23.9 Å². The van der Waals surface area contributed by atoms with E-state index in [-0.39, 0.29) is 30.0 Å². The number of hydrogen-bond acceptors (Lipinski definition) is 5. The van der Waals surface area contributed by atoms with Crippen molar-refractivity contribution in [1.82, 2.24) is 15.1 Å². The molecule has 154 valence electrons. The van der Waals surface area contributed by atoms with Crippen molar-refractivity contribution in [2.24, 2.45) is 23.7 Å². The maximum atomic E-state index is 13.0. The number of hydrogen-bond donors (Lipinski definition) is 3. The molecular weight excluding hydrogens is 376 g/mol. The fraction of sp³-hybridized carbons (Fsp3) is 0.500. The SMILES string of the molecule is CCn1cc(NC(=O)[C@H]2[C@H]3CC[C@@H](C3)[C@@H]2C(=O)O)c(C(=O)NCc2ccco2)n1. The number of amides is 2. The first-order chi connectivity index (χ1) is 14.0. The van der Waals surface area contributed by atoms with E-state index in [2.05, 4.69) is 15.7 Å². The van der Waals surface area contributed by atoms with E-state index >= 15 is 0 Å². The largest absolute Gasteiger partial charge is 0.481 e. The topological polar surface area (TPSA) is 126 Å². The predicted octanol–water partition coefficient (Wildman–Crippen LogP) is 2.11. The maximum absolute atomic E-state index is 13.0. The van der Waals surface area contributed by atoms with E-state index in [1.807, 2.05) is 6.92 Å². The van der Waals surface area contributed by atoms with E-state index < -0.39 is 23.7 Å². The normalized spacial score (nSPS) is 25.1. The van der Waals surface area contributed by atoms with Crippen LogP contribution in [0, 0.1) is 23.7 Å². The summed E-state index contributed by atoms with van der Waals surface area (Å²) in [7, 11) is 0. The van der Waals surface area contributed by atoms with Crippen LogP contribution in [-0.4, -0.2) is 32.7 Å². The Morgan fingerprint density at radius 3 is 2.69 bits per heavy atom. The van der Waals surface area contributed by atoms with Gasteiger partial charge >= 0.3 is 5.97 Å². The summed E-state index contributed by atoms with van der Waals surface area (Å²) in [5, 5.41) is 19.4. The van der Waals surface area contributed by atoms with Crippen molar-refractivity contribution in [3.05, 3.63) is 36.0 Å². The van der Waals surface area contributed by atoms with Crippen molar-refractivity contribution in [3.8, 4) is 0 Å². The van der Waals surface area contributed by atoms with Gasteiger partial charge in [0.1, 0.15) is 5.76 Å². The number of nitrogens with zero attached hydrogens (tertiary/aromatic N) is 2. The number of rotatable bonds is 7. The van der Waals surface area contributed by atoms with Crippen LogP contribution in [0.3, 0.4) is 0 Å². The van der Waals surface area contributed by atoms with Gasteiger partial charge < -0.3 is 20.2 Å².